The van der Waals surface area contributed by atoms with E-state index in [1.165, 1.54) is 11.1 Å². The summed E-state index contributed by atoms with van der Waals surface area (Å²) in [5.41, 5.74) is 2.48. The molecule has 0 aromatic heterocycles. The second-order valence-corrected chi connectivity index (χ2v) is 3.18. The van der Waals surface area contributed by atoms with Gasteiger partial charge in [-0.05, 0) is 30.0 Å². The maximum atomic E-state index is 5.30. The van der Waals surface area contributed by atoms with E-state index in [0.29, 0.717) is 0 Å². The van der Waals surface area contributed by atoms with Gasteiger partial charge in [-0.3, -0.25) is 0 Å². The smallest absolute Gasteiger partial charge is 0.125 e. The highest BCUT2D eigenvalue weighted by molar-refractivity contribution is 5.46. The number of methoxy groups -OCH3 is 2. The second-order valence-electron chi connectivity index (χ2n) is 3.18. The van der Waals surface area contributed by atoms with Crippen molar-refractivity contribution in [2.24, 2.45) is 0 Å². The van der Waals surface area contributed by atoms with E-state index in [9.17, 15) is 0 Å². The highest BCUT2D eigenvalue weighted by Crippen LogP contribution is 2.29. The molecule has 2 heteroatoms. The normalized spacial score (nSPS) is 10.0. The highest BCUT2D eigenvalue weighted by Gasteiger charge is 2.08. The zero-order chi connectivity index (χ0) is 10.6. The Balaban J connectivity index is 3.20. The topological polar surface area (TPSA) is 18.5 Å². The van der Waals surface area contributed by atoms with Gasteiger partial charge in [-0.1, -0.05) is 13.8 Å². The number of ether oxygens (including phenoxy) is 2. The number of hydrogen-bond donors (Lipinski definition) is 0. The van der Waals surface area contributed by atoms with Crippen LogP contribution in [0.5, 0.6) is 11.5 Å². The summed E-state index contributed by atoms with van der Waals surface area (Å²) in [7, 11) is 3.39. The molecule has 0 heterocycles. The van der Waals surface area contributed by atoms with Crippen molar-refractivity contribution >= 4 is 0 Å². The summed E-state index contributed by atoms with van der Waals surface area (Å²) in [6.07, 6.45) is 1.97. The minimum atomic E-state index is 0.918. The molecule has 0 aliphatic carbocycles. The Labute approximate surface area is 85.8 Å². The summed E-state index contributed by atoms with van der Waals surface area (Å²) in [6.45, 7) is 4.26. The Morgan fingerprint density at radius 1 is 0.857 bits per heavy atom. The van der Waals surface area contributed by atoms with E-state index < -0.39 is 0 Å². The Hall–Kier alpha value is -1.18. The van der Waals surface area contributed by atoms with Crippen molar-refractivity contribution in [3.05, 3.63) is 23.3 Å². The molecule has 0 bridgehead atoms. The molecule has 14 heavy (non-hydrogen) atoms. The maximum absolute atomic E-state index is 5.30. The van der Waals surface area contributed by atoms with E-state index in [1.54, 1.807) is 14.2 Å². The lowest BCUT2D eigenvalue weighted by atomic mass is 10.0. The molecular formula is C12H18O2. The third kappa shape index (κ3) is 2.00. The zero-order valence-electron chi connectivity index (χ0n) is 9.39. The van der Waals surface area contributed by atoms with Crippen molar-refractivity contribution < 1.29 is 9.47 Å². The predicted octanol–water partition coefficient (Wildman–Crippen LogP) is 2.83. The van der Waals surface area contributed by atoms with E-state index in [0.717, 1.165) is 24.3 Å². The SMILES string of the molecule is CCc1cc(CC)c(OC)cc1OC. The summed E-state index contributed by atoms with van der Waals surface area (Å²) >= 11 is 0. The molecule has 1 aromatic carbocycles. The summed E-state index contributed by atoms with van der Waals surface area (Å²) in [4.78, 5) is 0. The number of rotatable bonds is 4. The first kappa shape index (κ1) is 10.9. The van der Waals surface area contributed by atoms with Gasteiger partial charge < -0.3 is 9.47 Å². The monoisotopic (exact) mass is 194 g/mol. The molecule has 0 unspecified atom stereocenters. The minimum Gasteiger partial charge on any atom is -0.496 e. The van der Waals surface area contributed by atoms with Crippen molar-refractivity contribution in [2.75, 3.05) is 14.2 Å². The van der Waals surface area contributed by atoms with E-state index in [-0.39, 0.29) is 0 Å². The van der Waals surface area contributed by atoms with Crippen molar-refractivity contribution in [3.63, 3.8) is 0 Å². The second kappa shape index (κ2) is 4.89. The first-order chi connectivity index (χ1) is 6.76. The molecule has 78 valence electrons. The van der Waals surface area contributed by atoms with E-state index in [2.05, 4.69) is 19.9 Å². The summed E-state index contributed by atoms with van der Waals surface area (Å²) in [5.74, 6) is 1.84. The van der Waals surface area contributed by atoms with Crippen molar-refractivity contribution in [1.82, 2.24) is 0 Å². The van der Waals surface area contributed by atoms with Gasteiger partial charge in [0.2, 0.25) is 0 Å². The van der Waals surface area contributed by atoms with Crippen molar-refractivity contribution in [2.45, 2.75) is 26.7 Å². The van der Waals surface area contributed by atoms with Crippen LogP contribution in [0.2, 0.25) is 0 Å². The van der Waals surface area contributed by atoms with Crippen LogP contribution in [-0.4, -0.2) is 14.2 Å². The average molecular weight is 194 g/mol. The quantitative estimate of drug-likeness (QED) is 0.733. The molecule has 0 radical (unpaired) electrons. The van der Waals surface area contributed by atoms with Gasteiger partial charge in [-0.25, -0.2) is 0 Å². The van der Waals surface area contributed by atoms with Crippen LogP contribution in [0.25, 0.3) is 0 Å². The molecule has 1 rings (SSSR count). The van der Waals surface area contributed by atoms with Crippen LogP contribution in [-0.2, 0) is 12.8 Å². The summed E-state index contributed by atoms with van der Waals surface area (Å²) < 4.78 is 10.6. The molecule has 0 amide bonds. The van der Waals surface area contributed by atoms with Crippen LogP contribution < -0.4 is 9.47 Å². The summed E-state index contributed by atoms with van der Waals surface area (Å²) in [5, 5.41) is 0. The standard InChI is InChI=1S/C12H18O2/c1-5-9-7-10(6-2)12(14-4)8-11(9)13-3/h7-8H,5-6H2,1-4H3. The van der Waals surface area contributed by atoms with Crippen LogP contribution in [0.1, 0.15) is 25.0 Å². The van der Waals surface area contributed by atoms with E-state index in [1.807, 2.05) is 6.07 Å². The number of aryl methyl sites for hydroxylation is 2. The highest BCUT2D eigenvalue weighted by atomic mass is 16.5. The Kier molecular flexibility index (Phi) is 3.81. The minimum absolute atomic E-state index is 0.918. The van der Waals surface area contributed by atoms with Gasteiger partial charge >= 0.3 is 0 Å². The van der Waals surface area contributed by atoms with Crippen LogP contribution in [0, 0.1) is 0 Å². The molecule has 0 aliphatic heterocycles. The molecule has 0 atom stereocenters. The molecule has 0 spiro atoms. The molecule has 0 fully saturated rings. The molecule has 0 saturated carbocycles. The fourth-order valence-corrected chi connectivity index (χ4v) is 1.59. The Morgan fingerprint density at radius 3 is 1.57 bits per heavy atom. The Morgan fingerprint density at radius 2 is 1.29 bits per heavy atom. The van der Waals surface area contributed by atoms with Crippen molar-refractivity contribution in [1.29, 1.82) is 0 Å². The number of benzene rings is 1. The number of hydrogen-bond acceptors (Lipinski definition) is 2. The van der Waals surface area contributed by atoms with Gasteiger partial charge in [-0.15, -0.1) is 0 Å². The van der Waals surface area contributed by atoms with Crippen LogP contribution >= 0.6 is 0 Å². The van der Waals surface area contributed by atoms with Gasteiger partial charge in [-0.2, -0.15) is 0 Å². The molecule has 0 saturated heterocycles. The Bertz CT molecular complexity index is 247. The maximum Gasteiger partial charge on any atom is 0.125 e. The van der Waals surface area contributed by atoms with Gasteiger partial charge in [0.15, 0.2) is 0 Å². The van der Waals surface area contributed by atoms with Crippen molar-refractivity contribution in [3.8, 4) is 11.5 Å². The average Bonchev–Trinajstić information content (AvgIpc) is 2.26. The fraction of sp³-hybridized carbons (Fsp3) is 0.500. The van der Waals surface area contributed by atoms with Gasteiger partial charge in [0.25, 0.3) is 0 Å². The largest absolute Gasteiger partial charge is 0.496 e. The van der Waals surface area contributed by atoms with E-state index >= 15 is 0 Å². The lowest BCUT2D eigenvalue weighted by Crippen LogP contribution is -1.96. The first-order valence-electron chi connectivity index (χ1n) is 5.00. The van der Waals surface area contributed by atoms with Crippen LogP contribution in [0.4, 0.5) is 0 Å². The molecule has 0 N–H and O–H groups in total. The van der Waals surface area contributed by atoms with Crippen LogP contribution in [0.3, 0.4) is 0 Å². The van der Waals surface area contributed by atoms with Gasteiger partial charge in [0.05, 0.1) is 14.2 Å². The van der Waals surface area contributed by atoms with Gasteiger partial charge in [0.1, 0.15) is 11.5 Å². The molecule has 2 nitrogen and oxygen atoms in total. The predicted molar refractivity (Wildman–Crippen MR) is 58.3 cm³/mol. The third-order valence-corrected chi connectivity index (χ3v) is 2.45. The lowest BCUT2D eigenvalue weighted by molar-refractivity contribution is 0.388. The van der Waals surface area contributed by atoms with Gasteiger partial charge in [0, 0.05) is 6.07 Å². The zero-order valence-corrected chi connectivity index (χ0v) is 9.39. The molecular weight excluding hydrogens is 176 g/mol. The summed E-state index contributed by atoms with van der Waals surface area (Å²) in [6, 6.07) is 4.13. The fourth-order valence-electron chi connectivity index (χ4n) is 1.59. The molecule has 0 aliphatic rings. The third-order valence-electron chi connectivity index (χ3n) is 2.45. The van der Waals surface area contributed by atoms with E-state index in [4.69, 9.17) is 9.47 Å². The first-order valence-corrected chi connectivity index (χ1v) is 5.00. The van der Waals surface area contributed by atoms with Crippen LogP contribution in [0.15, 0.2) is 12.1 Å². The molecule has 1 aromatic rings. The lowest BCUT2D eigenvalue weighted by Gasteiger charge is -2.12.